The molecule has 1 heterocycles. The third kappa shape index (κ3) is 0.950. The van der Waals surface area contributed by atoms with Crippen molar-refractivity contribution in [2.45, 2.75) is 0 Å². The van der Waals surface area contributed by atoms with Crippen LogP contribution >= 0.6 is 0 Å². The molecule has 4 nitrogen and oxygen atoms in total. The minimum absolute atomic E-state index is 0.163. The summed E-state index contributed by atoms with van der Waals surface area (Å²) in [6, 6.07) is 7.49. The van der Waals surface area contributed by atoms with Crippen molar-refractivity contribution in [3.63, 3.8) is 0 Å². The van der Waals surface area contributed by atoms with Crippen molar-refractivity contribution >= 4 is 11.0 Å². The average molecular weight is 178 g/mol. The van der Waals surface area contributed by atoms with E-state index in [4.69, 9.17) is 4.84 Å². The van der Waals surface area contributed by atoms with Crippen LogP contribution in [0.3, 0.4) is 0 Å². The van der Waals surface area contributed by atoms with Gasteiger partial charge >= 0.3 is 5.69 Å². The van der Waals surface area contributed by atoms with Gasteiger partial charge in [0.25, 0.3) is 0 Å². The number of fused-ring (bicyclic) bond motifs is 1. The molecule has 0 spiro atoms. The molecule has 2 aromatic rings. The normalized spacial score (nSPS) is 10.6. The third-order valence-corrected chi connectivity index (χ3v) is 2.11. The molecule has 0 aliphatic carbocycles. The second-order valence-corrected chi connectivity index (χ2v) is 2.81. The van der Waals surface area contributed by atoms with Crippen LogP contribution in [-0.4, -0.2) is 16.4 Å². The summed E-state index contributed by atoms with van der Waals surface area (Å²) in [4.78, 5) is 16.5. The summed E-state index contributed by atoms with van der Waals surface area (Å²) in [5, 5.41) is 0. The molecule has 1 aromatic carbocycles. The van der Waals surface area contributed by atoms with Gasteiger partial charge < -0.3 is 4.84 Å². The summed E-state index contributed by atoms with van der Waals surface area (Å²) >= 11 is 0. The minimum Gasteiger partial charge on any atom is -0.412 e. The molecule has 0 aliphatic rings. The van der Waals surface area contributed by atoms with Crippen molar-refractivity contribution in [1.29, 1.82) is 0 Å². The molecule has 2 rings (SSSR count). The Morgan fingerprint density at radius 1 is 1.23 bits per heavy atom. The van der Waals surface area contributed by atoms with Crippen LogP contribution in [0.1, 0.15) is 0 Å². The second kappa shape index (κ2) is 2.65. The summed E-state index contributed by atoms with van der Waals surface area (Å²) in [7, 11) is 3.20. The topological polar surface area (TPSA) is 36.2 Å². The van der Waals surface area contributed by atoms with Crippen molar-refractivity contribution < 1.29 is 4.84 Å². The molecule has 13 heavy (non-hydrogen) atoms. The van der Waals surface area contributed by atoms with E-state index < -0.39 is 0 Å². The summed E-state index contributed by atoms with van der Waals surface area (Å²) in [6.07, 6.45) is 0. The molecule has 0 N–H and O–H groups in total. The van der Waals surface area contributed by atoms with Crippen LogP contribution in [0.2, 0.25) is 0 Å². The van der Waals surface area contributed by atoms with Gasteiger partial charge in [-0.2, -0.15) is 0 Å². The smallest absolute Gasteiger partial charge is 0.361 e. The maximum Gasteiger partial charge on any atom is 0.361 e. The zero-order chi connectivity index (χ0) is 9.42. The highest BCUT2D eigenvalue weighted by atomic mass is 16.7. The van der Waals surface area contributed by atoms with Gasteiger partial charge in [-0.1, -0.05) is 12.1 Å². The van der Waals surface area contributed by atoms with Crippen molar-refractivity contribution in [2.24, 2.45) is 7.05 Å². The monoisotopic (exact) mass is 178 g/mol. The van der Waals surface area contributed by atoms with Crippen molar-refractivity contribution in [3.8, 4) is 0 Å². The van der Waals surface area contributed by atoms with Gasteiger partial charge in [-0.3, -0.25) is 4.57 Å². The van der Waals surface area contributed by atoms with E-state index in [1.54, 1.807) is 11.6 Å². The average Bonchev–Trinajstić information content (AvgIpc) is 2.41. The molecular weight excluding hydrogens is 168 g/mol. The molecule has 4 heteroatoms. The van der Waals surface area contributed by atoms with E-state index >= 15 is 0 Å². The fourth-order valence-corrected chi connectivity index (χ4v) is 1.44. The van der Waals surface area contributed by atoms with Gasteiger partial charge in [-0.25, -0.2) is 4.79 Å². The van der Waals surface area contributed by atoms with Gasteiger partial charge in [-0.05, 0) is 12.1 Å². The van der Waals surface area contributed by atoms with Crippen LogP contribution < -0.4 is 10.5 Å². The van der Waals surface area contributed by atoms with Crippen molar-refractivity contribution in [3.05, 3.63) is 34.7 Å². The molecular formula is C9H10N2O2. The number of rotatable bonds is 1. The standard InChI is InChI=1S/C9H10N2O2/c1-10-7-5-3-4-6-8(7)11(13-2)9(10)12/h3-6H,1-2H3. The first-order valence-electron chi connectivity index (χ1n) is 3.96. The molecule has 0 unspecified atom stereocenters. The molecule has 0 saturated carbocycles. The predicted molar refractivity (Wildman–Crippen MR) is 49.7 cm³/mol. The first-order chi connectivity index (χ1) is 6.25. The Morgan fingerprint density at radius 2 is 1.85 bits per heavy atom. The van der Waals surface area contributed by atoms with Crippen LogP contribution in [0.4, 0.5) is 0 Å². The molecule has 0 amide bonds. The number of aryl methyl sites for hydroxylation is 1. The maximum atomic E-state index is 11.5. The largest absolute Gasteiger partial charge is 0.412 e. The van der Waals surface area contributed by atoms with Crippen molar-refractivity contribution in [2.75, 3.05) is 7.11 Å². The number of nitrogens with zero attached hydrogens (tertiary/aromatic N) is 2. The zero-order valence-electron chi connectivity index (χ0n) is 7.52. The van der Waals surface area contributed by atoms with E-state index in [1.807, 2.05) is 24.3 Å². The first-order valence-corrected chi connectivity index (χ1v) is 3.96. The first kappa shape index (κ1) is 7.91. The van der Waals surface area contributed by atoms with Crippen LogP contribution in [0.25, 0.3) is 11.0 Å². The predicted octanol–water partition coefficient (Wildman–Crippen LogP) is 0.398. The lowest BCUT2D eigenvalue weighted by Crippen LogP contribution is -2.25. The third-order valence-electron chi connectivity index (χ3n) is 2.11. The summed E-state index contributed by atoms with van der Waals surface area (Å²) in [5.41, 5.74) is 1.50. The summed E-state index contributed by atoms with van der Waals surface area (Å²) < 4.78 is 2.83. The highest BCUT2D eigenvalue weighted by Crippen LogP contribution is 2.09. The molecule has 68 valence electrons. The van der Waals surface area contributed by atoms with Gasteiger partial charge in [0.2, 0.25) is 0 Å². The minimum atomic E-state index is -0.163. The maximum absolute atomic E-state index is 11.5. The second-order valence-electron chi connectivity index (χ2n) is 2.81. The number of benzene rings is 1. The quantitative estimate of drug-likeness (QED) is 0.633. The molecule has 0 fully saturated rings. The summed E-state index contributed by atoms with van der Waals surface area (Å²) in [6.45, 7) is 0. The fraction of sp³-hybridized carbons (Fsp3) is 0.222. The lowest BCUT2D eigenvalue weighted by Gasteiger charge is -1.97. The molecule has 0 atom stereocenters. The lowest BCUT2D eigenvalue weighted by atomic mass is 10.3. The van der Waals surface area contributed by atoms with Crippen LogP contribution in [0.5, 0.6) is 0 Å². The number of hydrogen-bond acceptors (Lipinski definition) is 2. The Balaban J connectivity index is 2.98. The van der Waals surface area contributed by atoms with E-state index in [1.165, 1.54) is 11.8 Å². The van der Waals surface area contributed by atoms with Gasteiger partial charge in [0.05, 0.1) is 5.52 Å². The highest BCUT2D eigenvalue weighted by Gasteiger charge is 2.08. The summed E-state index contributed by atoms with van der Waals surface area (Å²) in [5.74, 6) is 0. The number of para-hydroxylation sites is 2. The molecule has 0 bridgehead atoms. The Morgan fingerprint density at radius 3 is 2.46 bits per heavy atom. The van der Waals surface area contributed by atoms with E-state index in [-0.39, 0.29) is 5.69 Å². The van der Waals surface area contributed by atoms with Gasteiger partial charge in [0, 0.05) is 7.05 Å². The Hall–Kier alpha value is -1.71. The van der Waals surface area contributed by atoms with Crippen LogP contribution in [0, 0.1) is 0 Å². The SMILES string of the molecule is COn1c(=O)n(C)c2ccccc21. The molecule has 0 saturated heterocycles. The highest BCUT2D eigenvalue weighted by molar-refractivity contribution is 5.75. The van der Waals surface area contributed by atoms with E-state index in [0.29, 0.717) is 0 Å². The number of imidazole rings is 1. The fourth-order valence-electron chi connectivity index (χ4n) is 1.44. The van der Waals surface area contributed by atoms with Gasteiger partial charge in [0.15, 0.2) is 0 Å². The number of hydrogen-bond donors (Lipinski definition) is 0. The Bertz CT molecular complexity index is 496. The molecule has 0 aliphatic heterocycles. The van der Waals surface area contributed by atoms with E-state index in [9.17, 15) is 4.79 Å². The van der Waals surface area contributed by atoms with Crippen LogP contribution in [0.15, 0.2) is 29.1 Å². The zero-order valence-corrected chi connectivity index (χ0v) is 7.52. The number of aromatic nitrogens is 2. The van der Waals surface area contributed by atoms with Crippen LogP contribution in [-0.2, 0) is 7.05 Å². The van der Waals surface area contributed by atoms with Gasteiger partial charge in [-0.15, -0.1) is 4.73 Å². The van der Waals surface area contributed by atoms with E-state index in [0.717, 1.165) is 11.0 Å². The van der Waals surface area contributed by atoms with Crippen molar-refractivity contribution in [1.82, 2.24) is 9.30 Å². The molecule has 1 aromatic heterocycles. The Labute approximate surface area is 74.9 Å². The van der Waals surface area contributed by atoms with E-state index in [2.05, 4.69) is 0 Å². The Kier molecular flexibility index (Phi) is 1.62. The lowest BCUT2D eigenvalue weighted by molar-refractivity contribution is 0.166. The molecule has 0 radical (unpaired) electrons. The van der Waals surface area contributed by atoms with Gasteiger partial charge in [0.1, 0.15) is 12.6 Å².